The lowest BCUT2D eigenvalue weighted by Gasteiger charge is -2.16. The van der Waals surface area contributed by atoms with Crippen LogP contribution in [-0.4, -0.2) is 22.0 Å². The number of hydrogen-bond donors (Lipinski definition) is 2. The Morgan fingerprint density at radius 2 is 1.91 bits per heavy atom. The van der Waals surface area contributed by atoms with Crippen molar-refractivity contribution in [2.75, 3.05) is 5.32 Å². The van der Waals surface area contributed by atoms with E-state index >= 15 is 0 Å². The monoisotopic (exact) mass is 324 g/mol. The molecular formula is C15H15F3N4O. The molecule has 0 atom stereocenters. The van der Waals surface area contributed by atoms with Crippen molar-refractivity contribution in [3.63, 3.8) is 0 Å². The van der Waals surface area contributed by atoms with E-state index in [2.05, 4.69) is 10.4 Å². The molecule has 0 spiro atoms. The third-order valence-corrected chi connectivity index (χ3v) is 4.02. The molecule has 1 aromatic carbocycles. The summed E-state index contributed by atoms with van der Waals surface area (Å²) in [7, 11) is 0. The van der Waals surface area contributed by atoms with Crippen LogP contribution in [0.4, 0.5) is 23.8 Å². The van der Waals surface area contributed by atoms with Crippen molar-refractivity contribution in [3.05, 3.63) is 41.6 Å². The molecule has 122 valence electrons. The Kier molecular flexibility index (Phi) is 3.35. The molecular weight excluding hydrogens is 309 g/mol. The van der Waals surface area contributed by atoms with Crippen molar-refractivity contribution in [1.82, 2.24) is 9.78 Å². The number of carbonyl (C=O) groups is 1. The molecule has 0 saturated heterocycles. The van der Waals surface area contributed by atoms with Gasteiger partial charge in [0.05, 0.1) is 11.4 Å². The average Bonchev–Trinajstić information content (AvgIpc) is 3.17. The van der Waals surface area contributed by atoms with E-state index in [4.69, 9.17) is 5.73 Å². The van der Waals surface area contributed by atoms with E-state index in [9.17, 15) is 18.0 Å². The van der Waals surface area contributed by atoms with Crippen molar-refractivity contribution < 1.29 is 18.0 Å². The fraction of sp³-hybridized carbons (Fsp3) is 0.333. The van der Waals surface area contributed by atoms with Gasteiger partial charge in [0.15, 0.2) is 0 Å². The number of rotatable bonds is 3. The van der Waals surface area contributed by atoms with Crippen LogP contribution in [0.5, 0.6) is 0 Å². The molecule has 2 amide bonds. The first-order valence-electron chi connectivity index (χ1n) is 7.04. The maximum absolute atomic E-state index is 13.3. The van der Waals surface area contributed by atoms with Crippen molar-refractivity contribution in [3.8, 4) is 5.69 Å². The summed E-state index contributed by atoms with van der Waals surface area (Å²) in [5.74, 6) is 0.117. The highest BCUT2D eigenvalue weighted by Crippen LogP contribution is 2.58. The molecule has 8 heteroatoms. The van der Waals surface area contributed by atoms with Crippen LogP contribution in [0.1, 0.15) is 24.1 Å². The van der Waals surface area contributed by atoms with Gasteiger partial charge < -0.3 is 5.73 Å². The smallest absolute Gasteiger partial charge is 0.351 e. The highest BCUT2D eigenvalue weighted by molar-refractivity contribution is 5.87. The lowest BCUT2D eigenvalue weighted by Crippen LogP contribution is -2.29. The van der Waals surface area contributed by atoms with Gasteiger partial charge in [0.25, 0.3) is 0 Å². The van der Waals surface area contributed by atoms with Gasteiger partial charge in [0.1, 0.15) is 11.2 Å². The molecule has 1 aliphatic carbocycles. The summed E-state index contributed by atoms with van der Waals surface area (Å²) in [6.07, 6.45) is -4.38. The molecule has 0 radical (unpaired) electrons. The van der Waals surface area contributed by atoms with Gasteiger partial charge in [0, 0.05) is 6.07 Å². The predicted molar refractivity (Wildman–Crippen MR) is 78.5 cm³/mol. The first-order chi connectivity index (χ1) is 10.7. The van der Waals surface area contributed by atoms with Crippen LogP contribution in [0.2, 0.25) is 0 Å². The summed E-state index contributed by atoms with van der Waals surface area (Å²) in [5, 5.41) is 6.42. The van der Waals surface area contributed by atoms with Crippen molar-refractivity contribution in [2.45, 2.75) is 31.4 Å². The second kappa shape index (κ2) is 5.00. The number of amides is 2. The van der Waals surface area contributed by atoms with Crippen LogP contribution in [0, 0.1) is 6.92 Å². The molecule has 5 nitrogen and oxygen atoms in total. The number of halogens is 3. The Balaban J connectivity index is 2.08. The summed E-state index contributed by atoms with van der Waals surface area (Å²) in [6.45, 7) is 1.89. The number of alkyl halides is 3. The number of anilines is 1. The zero-order chi connectivity index (χ0) is 16.8. The number of benzene rings is 1. The molecule has 1 aliphatic rings. The van der Waals surface area contributed by atoms with Gasteiger partial charge in [-0.1, -0.05) is 17.7 Å². The van der Waals surface area contributed by atoms with Gasteiger partial charge in [-0.15, -0.1) is 0 Å². The summed E-state index contributed by atoms with van der Waals surface area (Å²) < 4.78 is 41.1. The van der Waals surface area contributed by atoms with Crippen LogP contribution < -0.4 is 11.1 Å². The van der Waals surface area contributed by atoms with E-state index in [1.54, 1.807) is 24.3 Å². The van der Waals surface area contributed by atoms with Gasteiger partial charge in [-0.2, -0.15) is 18.3 Å². The number of nitrogens with two attached hydrogens (primary N) is 1. The first kappa shape index (κ1) is 15.4. The number of primary amides is 1. The second-order valence-electron chi connectivity index (χ2n) is 5.73. The van der Waals surface area contributed by atoms with Gasteiger partial charge >= 0.3 is 12.2 Å². The molecule has 3 N–H and O–H groups in total. The minimum atomic E-state index is -4.37. The van der Waals surface area contributed by atoms with Crippen LogP contribution in [-0.2, 0) is 5.41 Å². The number of hydrogen-bond acceptors (Lipinski definition) is 2. The molecule has 1 fully saturated rings. The highest BCUT2D eigenvalue weighted by atomic mass is 19.4. The third-order valence-electron chi connectivity index (χ3n) is 4.02. The topological polar surface area (TPSA) is 72.9 Å². The van der Waals surface area contributed by atoms with Gasteiger partial charge in [-0.05, 0) is 31.9 Å². The zero-order valence-corrected chi connectivity index (χ0v) is 12.3. The standard InChI is InChI=1S/C15H15F3N4O/c1-9-2-4-10(5-3-9)22-12(20-13(19)23)8-11(21-22)14(6-7-14)15(16,17)18/h2-5,8H,6-7H2,1H3,(H3,19,20,23). The summed E-state index contributed by atoms with van der Waals surface area (Å²) >= 11 is 0. The van der Waals surface area contributed by atoms with E-state index in [1.807, 2.05) is 6.92 Å². The fourth-order valence-electron chi connectivity index (χ4n) is 2.52. The summed E-state index contributed by atoms with van der Waals surface area (Å²) in [5.41, 5.74) is 4.62. The molecule has 1 saturated carbocycles. The number of urea groups is 1. The van der Waals surface area contributed by atoms with E-state index in [-0.39, 0.29) is 24.4 Å². The lowest BCUT2D eigenvalue weighted by molar-refractivity contribution is -0.161. The predicted octanol–water partition coefficient (Wildman–Crippen LogP) is 3.27. The number of carbonyl (C=O) groups excluding carboxylic acids is 1. The molecule has 0 unspecified atom stereocenters. The van der Waals surface area contributed by atoms with Crippen molar-refractivity contribution in [2.24, 2.45) is 5.73 Å². The highest BCUT2D eigenvalue weighted by Gasteiger charge is 2.65. The Morgan fingerprint density at radius 3 is 2.39 bits per heavy atom. The SMILES string of the molecule is Cc1ccc(-n2nc(C3(C(F)(F)F)CC3)cc2NC(N)=O)cc1. The molecule has 0 bridgehead atoms. The average molecular weight is 324 g/mol. The van der Waals surface area contributed by atoms with Crippen LogP contribution >= 0.6 is 0 Å². The lowest BCUT2D eigenvalue weighted by atomic mass is 10.0. The normalized spacial score (nSPS) is 16.2. The van der Waals surface area contributed by atoms with Crippen LogP contribution in [0.3, 0.4) is 0 Å². The minimum absolute atomic E-state index is 0.00256. The first-order valence-corrected chi connectivity index (χ1v) is 7.04. The maximum atomic E-state index is 13.3. The number of nitrogens with zero attached hydrogens (tertiary/aromatic N) is 2. The van der Waals surface area contributed by atoms with E-state index in [1.165, 1.54) is 10.7 Å². The number of aromatic nitrogens is 2. The summed E-state index contributed by atoms with van der Waals surface area (Å²) in [6, 6.07) is 7.42. The Morgan fingerprint density at radius 1 is 1.30 bits per heavy atom. The van der Waals surface area contributed by atoms with E-state index < -0.39 is 17.6 Å². The van der Waals surface area contributed by atoms with Crippen molar-refractivity contribution >= 4 is 11.8 Å². The molecule has 1 heterocycles. The molecule has 3 rings (SSSR count). The second-order valence-corrected chi connectivity index (χ2v) is 5.73. The number of nitrogens with one attached hydrogen (secondary N) is 1. The van der Waals surface area contributed by atoms with E-state index in [0.717, 1.165) is 5.56 Å². The molecule has 1 aromatic heterocycles. The largest absolute Gasteiger partial charge is 0.400 e. The Hall–Kier alpha value is -2.51. The van der Waals surface area contributed by atoms with Crippen molar-refractivity contribution in [1.29, 1.82) is 0 Å². The van der Waals surface area contributed by atoms with Gasteiger partial charge in [-0.3, -0.25) is 5.32 Å². The quantitative estimate of drug-likeness (QED) is 0.909. The van der Waals surface area contributed by atoms with Gasteiger partial charge in [0.2, 0.25) is 0 Å². The van der Waals surface area contributed by atoms with Gasteiger partial charge in [-0.25, -0.2) is 9.48 Å². The minimum Gasteiger partial charge on any atom is -0.351 e. The zero-order valence-electron chi connectivity index (χ0n) is 12.3. The fourth-order valence-corrected chi connectivity index (χ4v) is 2.52. The third kappa shape index (κ3) is 2.64. The Labute approximate surface area is 130 Å². The number of aryl methyl sites for hydroxylation is 1. The molecule has 23 heavy (non-hydrogen) atoms. The van der Waals surface area contributed by atoms with E-state index in [0.29, 0.717) is 5.69 Å². The maximum Gasteiger partial charge on any atom is 0.400 e. The Bertz CT molecular complexity index is 745. The van der Waals surface area contributed by atoms with Crippen LogP contribution in [0.15, 0.2) is 30.3 Å². The molecule has 2 aromatic rings. The van der Waals surface area contributed by atoms with Crippen LogP contribution in [0.25, 0.3) is 5.69 Å². The molecule has 0 aliphatic heterocycles. The summed E-state index contributed by atoms with van der Waals surface area (Å²) in [4.78, 5) is 11.1.